The SMILES string of the molecule is CC(C)(C)CCN(C(=O)O)c1cnc(-n2cccn2)nc1O. The third kappa shape index (κ3) is 3.72. The van der Waals surface area contributed by atoms with E-state index in [-0.39, 0.29) is 23.6 Å². The number of amides is 1. The Bertz CT molecular complexity index is 649. The number of carbonyl (C=O) groups is 1. The van der Waals surface area contributed by atoms with Gasteiger partial charge in [0.1, 0.15) is 5.69 Å². The fraction of sp³-hybridized carbons (Fsp3) is 0.429. The van der Waals surface area contributed by atoms with Crippen LogP contribution in [0.25, 0.3) is 5.95 Å². The molecule has 2 aromatic rings. The molecule has 0 aromatic carbocycles. The summed E-state index contributed by atoms with van der Waals surface area (Å²) in [6.45, 7) is 6.30. The minimum absolute atomic E-state index is 0.0286. The molecule has 0 saturated carbocycles. The molecule has 2 rings (SSSR count). The van der Waals surface area contributed by atoms with E-state index in [0.29, 0.717) is 6.42 Å². The van der Waals surface area contributed by atoms with Gasteiger partial charge in [-0.05, 0) is 17.9 Å². The molecule has 0 unspecified atom stereocenters. The zero-order valence-corrected chi connectivity index (χ0v) is 12.8. The summed E-state index contributed by atoms with van der Waals surface area (Å²) in [6, 6.07) is 1.70. The van der Waals surface area contributed by atoms with Crippen molar-refractivity contribution in [2.45, 2.75) is 27.2 Å². The van der Waals surface area contributed by atoms with E-state index in [1.165, 1.54) is 10.9 Å². The molecule has 22 heavy (non-hydrogen) atoms. The first-order valence-electron chi connectivity index (χ1n) is 6.84. The summed E-state index contributed by atoms with van der Waals surface area (Å²) in [5.74, 6) is -0.218. The van der Waals surface area contributed by atoms with Crippen LogP contribution in [0.3, 0.4) is 0 Å². The average Bonchev–Trinajstić information content (AvgIpc) is 2.92. The van der Waals surface area contributed by atoms with Gasteiger partial charge in [-0.2, -0.15) is 10.1 Å². The highest BCUT2D eigenvalue weighted by Crippen LogP contribution is 2.27. The van der Waals surface area contributed by atoms with Gasteiger partial charge in [0.05, 0.1) is 6.20 Å². The largest absolute Gasteiger partial charge is 0.492 e. The van der Waals surface area contributed by atoms with Crippen LogP contribution in [0.4, 0.5) is 10.5 Å². The minimum Gasteiger partial charge on any atom is -0.492 e. The molecule has 0 aliphatic carbocycles. The van der Waals surface area contributed by atoms with E-state index in [2.05, 4.69) is 15.1 Å². The first kappa shape index (κ1) is 15.7. The zero-order chi connectivity index (χ0) is 16.3. The molecule has 0 saturated heterocycles. The number of hydrogen-bond acceptors (Lipinski definition) is 5. The number of nitrogens with zero attached hydrogens (tertiary/aromatic N) is 5. The molecule has 0 fully saturated rings. The van der Waals surface area contributed by atoms with Crippen molar-refractivity contribution in [3.63, 3.8) is 0 Å². The van der Waals surface area contributed by atoms with Crippen LogP contribution in [0.5, 0.6) is 5.88 Å². The van der Waals surface area contributed by atoms with E-state index in [1.54, 1.807) is 18.5 Å². The predicted molar refractivity (Wildman–Crippen MR) is 80.3 cm³/mol. The molecule has 8 nitrogen and oxygen atoms in total. The van der Waals surface area contributed by atoms with Crippen LogP contribution in [0, 0.1) is 5.41 Å². The summed E-state index contributed by atoms with van der Waals surface area (Å²) >= 11 is 0. The van der Waals surface area contributed by atoms with Gasteiger partial charge < -0.3 is 10.2 Å². The Morgan fingerprint density at radius 3 is 2.64 bits per heavy atom. The number of carboxylic acid groups (broad SMARTS) is 1. The molecule has 118 valence electrons. The van der Waals surface area contributed by atoms with Gasteiger partial charge in [-0.1, -0.05) is 20.8 Å². The molecular weight excluding hydrogens is 286 g/mol. The molecule has 0 aliphatic heterocycles. The fourth-order valence-corrected chi connectivity index (χ4v) is 1.81. The van der Waals surface area contributed by atoms with Crippen LogP contribution >= 0.6 is 0 Å². The Morgan fingerprint density at radius 1 is 1.41 bits per heavy atom. The Labute approximate surface area is 128 Å². The summed E-state index contributed by atoms with van der Waals surface area (Å²) < 4.78 is 1.38. The molecule has 0 radical (unpaired) electrons. The molecule has 0 spiro atoms. The average molecular weight is 305 g/mol. The van der Waals surface area contributed by atoms with Crippen LogP contribution < -0.4 is 4.90 Å². The lowest BCUT2D eigenvalue weighted by molar-refractivity contribution is 0.200. The number of aromatic nitrogens is 4. The van der Waals surface area contributed by atoms with E-state index in [9.17, 15) is 15.0 Å². The predicted octanol–water partition coefficient (Wildman–Crippen LogP) is 2.29. The summed E-state index contributed by atoms with van der Waals surface area (Å²) in [5, 5.41) is 23.3. The number of rotatable bonds is 4. The monoisotopic (exact) mass is 305 g/mol. The van der Waals surface area contributed by atoms with Crippen LogP contribution in [-0.4, -0.2) is 42.6 Å². The molecule has 8 heteroatoms. The summed E-state index contributed by atoms with van der Waals surface area (Å²) in [7, 11) is 0. The van der Waals surface area contributed by atoms with Gasteiger partial charge >= 0.3 is 6.09 Å². The van der Waals surface area contributed by atoms with Gasteiger partial charge in [0, 0.05) is 18.9 Å². The molecule has 0 atom stereocenters. The van der Waals surface area contributed by atoms with Crippen LogP contribution in [0.1, 0.15) is 27.2 Å². The Hall–Kier alpha value is -2.64. The maximum atomic E-state index is 11.4. The van der Waals surface area contributed by atoms with E-state index < -0.39 is 12.0 Å². The van der Waals surface area contributed by atoms with Crippen molar-refractivity contribution < 1.29 is 15.0 Å². The zero-order valence-electron chi connectivity index (χ0n) is 12.8. The summed E-state index contributed by atoms with van der Waals surface area (Å²) in [5.41, 5.74) is 0.0341. The number of hydrogen-bond donors (Lipinski definition) is 2. The van der Waals surface area contributed by atoms with Crippen LogP contribution in [-0.2, 0) is 0 Å². The molecule has 2 heterocycles. The maximum Gasteiger partial charge on any atom is 0.412 e. The van der Waals surface area contributed by atoms with Gasteiger partial charge in [0.15, 0.2) is 0 Å². The van der Waals surface area contributed by atoms with Crippen molar-refractivity contribution >= 4 is 11.8 Å². The van der Waals surface area contributed by atoms with Crippen LogP contribution in [0.2, 0.25) is 0 Å². The highest BCUT2D eigenvalue weighted by molar-refractivity contribution is 5.87. The first-order chi connectivity index (χ1) is 10.3. The topological polar surface area (TPSA) is 104 Å². The van der Waals surface area contributed by atoms with Crippen molar-refractivity contribution in [1.29, 1.82) is 0 Å². The Kier molecular flexibility index (Phi) is 4.30. The molecule has 2 N–H and O–H groups in total. The van der Waals surface area contributed by atoms with Gasteiger partial charge in [-0.25, -0.2) is 14.5 Å². The lowest BCUT2D eigenvalue weighted by Crippen LogP contribution is -2.32. The Morgan fingerprint density at radius 2 is 2.14 bits per heavy atom. The molecule has 2 aromatic heterocycles. The quantitative estimate of drug-likeness (QED) is 0.898. The summed E-state index contributed by atoms with van der Waals surface area (Å²) in [6.07, 6.45) is 3.95. The van der Waals surface area contributed by atoms with Gasteiger partial charge in [0.25, 0.3) is 5.95 Å². The fourth-order valence-electron chi connectivity index (χ4n) is 1.81. The summed E-state index contributed by atoms with van der Waals surface area (Å²) in [4.78, 5) is 20.4. The minimum atomic E-state index is -1.16. The number of aromatic hydroxyl groups is 1. The highest BCUT2D eigenvalue weighted by Gasteiger charge is 2.22. The van der Waals surface area contributed by atoms with E-state index in [0.717, 1.165) is 4.90 Å². The molecular formula is C14H19N5O3. The van der Waals surface area contributed by atoms with Gasteiger partial charge in [-0.15, -0.1) is 0 Å². The van der Waals surface area contributed by atoms with Crippen molar-refractivity contribution in [3.05, 3.63) is 24.7 Å². The van der Waals surface area contributed by atoms with Crippen molar-refractivity contribution in [2.24, 2.45) is 5.41 Å². The van der Waals surface area contributed by atoms with Gasteiger partial charge in [-0.3, -0.25) is 4.90 Å². The maximum absolute atomic E-state index is 11.4. The van der Waals surface area contributed by atoms with Crippen molar-refractivity contribution in [3.8, 4) is 11.8 Å². The second-order valence-electron chi connectivity index (χ2n) is 6.07. The smallest absolute Gasteiger partial charge is 0.412 e. The van der Waals surface area contributed by atoms with Crippen molar-refractivity contribution in [2.75, 3.05) is 11.4 Å². The second-order valence-corrected chi connectivity index (χ2v) is 6.07. The lowest BCUT2D eigenvalue weighted by atomic mass is 9.92. The first-order valence-corrected chi connectivity index (χ1v) is 6.84. The third-order valence-electron chi connectivity index (χ3n) is 3.05. The van der Waals surface area contributed by atoms with E-state index in [1.807, 2.05) is 20.8 Å². The van der Waals surface area contributed by atoms with Crippen LogP contribution in [0.15, 0.2) is 24.7 Å². The number of anilines is 1. The molecule has 1 amide bonds. The normalized spacial score (nSPS) is 11.4. The van der Waals surface area contributed by atoms with Crippen molar-refractivity contribution in [1.82, 2.24) is 19.7 Å². The molecule has 0 aliphatic rings. The third-order valence-corrected chi connectivity index (χ3v) is 3.05. The van der Waals surface area contributed by atoms with E-state index >= 15 is 0 Å². The Balaban J connectivity index is 2.27. The second kappa shape index (κ2) is 6.00. The standard InChI is InChI=1S/C14H19N5O3/c1-14(2,3)5-8-18(13(21)22)10-9-15-12(17-11(10)20)19-7-4-6-16-19/h4,6-7,9H,5,8H2,1-3H3,(H,21,22)(H,15,17,20). The lowest BCUT2D eigenvalue weighted by Gasteiger charge is -2.24. The highest BCUT2D eigenvalue weighted by atomic mass is 16.4. The van der Waals surface area contributed by atoms with Gasteiger partial charge in [0.2, 0.25) is 5.88 Å². The molecule has 0 bridgehead atoms. The van der Waals surface area contributed by atoms with E-state index in [4.69, 9.17) is 0 Å².